The molecule has 0 saturated carbocycles. The Kier molecular flexibility index (Phi) is 4.18. The number of amides is 1. The van der Waals surface area contributed by atoms with Gasteiger partial charge in [0.2, 0.25) is 0 Å². The van der Waals surface area contributed by atoms with Crippen LogP contribution in [0.15, 0.2) is 18.2 Å². The normalized spacial score (nSPS) is 22.4. The third-order valence-corrected chi connectivity index (χ3v) is 4.07. The van der Waals surface area contributed by atoms with Gasteiger partial charge in [0.1, 0.15) is 0 Å². The van der Waals surface area contributed by atoms with Crippen LogP contribution < -0.4 is 16.0 Å². The zero-order chi connectivity index (χ0) is 14.9. The molecular weight excluding hydrogens is 252 g/mol. The van der Waals surface area contributed by atoms with E-state index in [4.69, 9.17) is 5.73 Å². The van der Waals surface area contributed by atoms with Gasteiger partial charge >= 0.3 is 0 Å². The second-order valence-corrected chi connectivity index (χ2v) is 5.77. The molecule has 0 radical (unpaired) electrons. The van der Waals surface area contributed by atoms with Crippen molar-refractivity contribution in [2.45, 2.75) is 13.0 Å². The fourth-order valence-electron chi connectivity index (χ4n) is 2.96. The maximum Gasteiger partial charge on any atom is 0.253 e. The van der Waals surface area contributed by atoms with Crippen LogP contribution in [0.5, 0.6) is 0 Å². The average molecular weight is 276 g/mol. The highest BCUT2D eigenvalue weighted by Crippen LogP contribution is 2.30. The molecule has 0 bridgehead atoms. The highest BCUT2D eigenvalue weighted by Gasteiger charge is 2.32. The van der Waals surface area contributed by atoms with Crippen molar-refractivity contribution in [3.63, 3.8) is 0 Å². The number of hydrogen-bond acceptors (Lipinski definition) is 4. The summed E-state index contributed by atoms with van der Waals surface area (Å²) in [5, 5.41) is 2.69. The van der Waals surface area contributed by atoms with E-state index in [1.807, 2.05) is 6.07 Å². The number of carbonyl (C=O) groups excluding carboxylic acids is 1. The minimum atomic E-state index is -0.0686. The molecule has 1 aliphatic heterocycles. The van der Waals surface area contributed by atoms with Crippen LogP contribution in [0.25, 0.3) is 0 Å². The van der Waals surface area contributed by atoms with E-state index in [9.17, 15) is 4.79 Å². The molecule has 2 unspecified atom stereocenters. The van der Waals surface area contributed by atoms with Gasteiger partial charge in [-0.2, -0.15) is 0 Å². The molecule has 3 N–H and O–H groups in total. The van der Waals surface area contributed by atoms with Crippen LogP contribution >= 0.6 is 0 Å². The van der Waals surface area contributed by atoms with Gasteiger partial charge in [0.15, 0.2) is 0 Å². The number of nitrogens with zero attached hydrogens (tertiary/aromatic N) is 2. The van der Waals surface area contributed by atoms with Gasteiger partial charge in [0, 0.05) is 31.9 Å². The molecule has 1 aromatic carbocycles. The fraction of sp³-hybridized carbons (Fsp3) is 0.533. The maximum atomic E-state index is 12.0. The fourth-order valence-corrected chi connectivity index (χ4v) is 2.96. The smallest absolute Gasteiger partial charge is 0.253 e. The molecule has 1 amide bonds. The molecule has 0 aliphatic carbocycles. The molecule has 1 fully saturated rings. The summed E-state index contributed by atoms with van der Waals surface area (Å²) in [4.78, 5) is 16.5. The number of carbonyl (C=O) groups is 1. The van der Waals surface area contributed by atoms with Gasteiger partial charge in [0.25, 0.3) is 5.91 Å². The number of hydrogen-bond donors (Lipinski definition) is 2. The van der Waals surface area contributed by atoms with Gasteiger partial charge in [-0.05, 0) is 38.2 Å². The van der Waals surface area contributed by atoms with Crippen molar-refractivity contribution in [3.05, 3.63) is 23.8 Å². The number of nitrogens with one attached hydrogen (secondary N) is 1. The lowest BCUT2D eigenvalue weighted by molar-refractivity contribution is 0.0963. The van der Waals surface area contributed by atoms with E-state index in [0.717, 1.165) is 18.8 Å². The molecular formula is C15H24N4O. The summed E-state index contributed by atoms with van der Waals surface area (Å²) in [7, 11) is 5.85. The summed E-state index contributed by atoms with van der Waals surface area (Å²) < 4.78 is 0. The Hall–Kier alpha value is -1.75. The third kappa shape index (κ3) is 2.72. The number of likely N-dealkylation sites (N-methyl/N-ethyl adjacent to an activating group) is 1. The van der Waals surface area contributed by atoms with Gasteiger partial charge in [-0.25, -0.2) is 0 Å². The molecule has 1 aliphatic rings. The van der Waals surface area contributed by atoms with E-state index in [1.165, 1.54) is 0 Å². The molecule has 110 valence electrons. The highest BCUT2D eigenvalue weighted by molar-refractivity contribution is 6.00. The first-order chi connectivity index (χ1) is 9.43. The number of rotatable bonds is 3. The Morgan fingerprint density at radius 2 is 2.10 bits per heavy atom. The summed E-state index contributed by atoms with van der Waals surface area (Å²) >= 11 is 0. The summed E-state index contributed by atoms with van der Waals surface area (Å²) in [5.74, 6) is 0.491. The van der Waals surface area contributed by atoms with Crippen LogP contribution in [0, 0.1) is 5.92 Å². The lowest BCUT2D eigenvalue weighted by Gasteiger charge is -2.24. The van der Waals surface area contributed by atoms with E-state index in [2.05, 4.69) is 36.1 Å². The van der Waals surface area contributed by atoms with Crippen molar-refractivity contribution in [2.24, 2.45) is 5.92 Å². The summed E-state index contributed by atoms with van der Waals surface area (Å²) in [5.41, 5.74) is 8.20. The van der Waals surface area contributed by atoms with Crippen LogP contribution in [0.1, 0.15) is 17.3 Å². The second-order valence-electron chi connectivity index (χ2n) is 5.77. The Morgan fingerprint density at radius 3 is 2.65 bits per heavy atom. The first-order valence-corrected chi connectivity index (χ1v) is 6.97. The van der Waals surface area contributed by atoms with Crippen molar-refractivity contribution in [1.82, 2.24) is 10.2 Å². The van der Waals surface area contributed by atoms with Crippen molar-refractivity contribution in [3.8, 4) is 0 Å². The van der Waals surface area contributed by atoms with E-state index in [0.29, 0.717) is 23.2 Å². The molecule has 2 rings (SSSR count). The van der Waals surface area contributed by atoms with E-state index in [-0.39, 0.29) is 5.91 Å². The molecule has 0 spiro atoms. The molecule has 2 atom stereocenters. The Bertz CT molecular complexity index is 501. The first kappa shape index (κ1) is 14.7. The first-order valence-electron chi connectivity index (χ1n) is 6.97. The lowest BCUT2D eigenvalue weighted by atomic mass is 10.1. The Morgan fingerprint density at radius 1 is 1.40 bits per heavy atom. The topological polar surface area (TPSA) is 61.6 Å². The van der Waals surface area contributed by atoms with Crippen molar-refractivity contribution in [1.29, 1.82) is 0 Å². The van der Waals surface area contributed by atoms with E-state index < -0.39 is 0 Å². The monoisotopic (exact) mass is 276 g/mol. The van der Waals surface area contributed by atoms with Gasteiger partial charge in [-0.3, -0.25) is 4.79 Å². The maximum absolute atomic E-state index is 12.0. The van der Waals surface area contributed by atoms with Gasteiger partial charge in [-0.15, -0.1) is 0 Å². The number of benzene rings is 1. The van der Waals surface area contributed by atoms with Crippen molar-refractivity contribution in [2.75, 3.05) is 44.9 Å². The summed E-state index contributed by atoms with van der Waals surface area (Å²) in [6.07, 6.45) is 0. The SMILES string of the molecule is CNC(=O)c1ccc(N)cc1N1CC(C)C(N(C)C)C1. The highest BCUT2D eigenvalue weighted by atomic mass is 16.1. The van der Waals surface area contributed by atoms with Gasteiger partial charge in [-0.1, -0.05) is 6.92 Å². The van der Waals surface area contributed by atoms with Crippen LogP contribution in [0.2, 0.25) is 0 Å². The molecule has 20 heavy (non-hydrogen) atoms. The predicted molar refractivity (Wildman–Crippen MR) is 83.1 cm³/mol. The Balaban J connectivity index is 2.33. The molecule has 5 nitrogen and oxygen atoms in total. The number of nitrogens with two attached hydrogens (primary N) is 1. The molecule has 1 heterocycles. The van der Waals surface area contributed by atoms with Crippen molar-refractivity contribution < 1.29 is 4.79 Å². The van der Waals surface area contributed by atoms with Gasteiger partial charge < -0.3 is 20.9 Å². The van der Waals surface area contributed by atoms with E-state index in [1.54, 1.807) is 19.2 Å². The standard InChI is InChI=1S/C15H24N4O/c1-10-8-19(9-14(10)18(3)4)13-7-11(16)5-6-12(13)15(20)17-2/h5-7,10,14H,8-9,16H2,1-4H3,(H,17,20). The van der Waals surface area contributed by atoms with Crippen molar-refractivity contribution >= 4 is 17.3 Å². The Labute approximate surface area is 120 Å². The van der Waals surface area contributed by atoms with Crippen LogP contribution in [-0.2, 0) is 0 Å². The van der Waals surface area contributed by atoms with Gasteiger partial charge in [0.05, 0.1) is 11.3 Å². The minimum absolute atomic E-state index is 0.0686. The number of anilines is 2. The molecule has 1 saturated heterocycles. The second kappa shape index (κ2) is 5.71. The zero-order valence-corrected chi connectivity index (χ0v) is 12.7. The third-order valence-electron chi connectivity index (χ3n) is 4.07. The molecule has 0 aromatic heterocycles. The largest absolute Gasteiger partial charge is 0.399 e. The quantitative estimate of drug-likeness (QED) is 0.809. The average Bonchev–Trinajstić information content (AvgIpc) is 2.80. The van der Waals surface area contributed by atoms with E-state index >= 15 is 0 Å². The molecule has 1 aromatic rings. The van der Waals surface area contributed by atoms with Crippen LogP contribution in [-0.4, -0.2) is 51.1 Å². The van der Waals surface area contributed by atoms with Crippen LogP contribution in [0.3, 0.4) is 0 Å². The van der Waals surface area contributed by atoms with Crippen LogP contribution in [0.4, 0.5) is 11.4 Å². The predicted octanol–water partition coefficient (Wildman–Crippen LogP) is 1.01. The number of nitrogen functional groups attached to an aromatic ring is 1. The lowest BCUT2D eigenvalue weighted by Crippen LogP contribution is -2.34. The summed E-state index contributed by atoms with van der Waals surface area (Å²) in [6.45, 7) is 4.11. The minimum Gasteiger partial charge on any atom is -0.399 e. The zero-order valence-electron chi connectivity index (χ0n) is 12.7. The summed E-state index contributed by atoms with van der Waals surface area (Å²) in [6, 6.07) is 5.97. The molecule has 5 heteroatoms.